The average Bonchev–Trinajstić information content (AvgIpc) is 2.71. The van der Waals surface area contributed by atoms with Gasteiger partial charge in [-0.1, -0.05) is 26.2 Å². The average molecular weight is 300 g/mol. The van der Waals surface area contributed by atoms with Crippen molar-refractivity contribution in [1.29, 1.82) is 0 Å². The quantitative estimate of drug-likeness (QED) is 0.818. The highest BCUT2D eigenvalue weighted by molar-refractivity contribution is 9.10. The van der Waals surface area contributed by atoms with E-state index in [4.69, 9.17) is 4.42 Å². The lowest BCUT2D eigenvalue weighted by Gasteiger charge is -2.26. The molecule has 0 bridgehead atoms. The minimum Gasteiger partial charge on any atom is -0.453 e. The van der Waals surface area contributed by atoms with Gasteiger partial charge in [-0.25, -0.2) is 0 Å². The minimum absolute atomic E-state index is 0.815. The maximum atomic E-state index is 5.45. The number of hydrogen-bond acceptors (Lipinski definition) is 2. The standard InChI is InChI=1S/C14H22BrNO/c1-11-3-2-4-12(9-11)7-8-16-10-13-5-6-14(15)17-13/h5-6,11-12,16H,2-4,7-10H2,1H3. The third-order valence-corrected chi connectivity index (χ3v) is 4.13. The van der Waals surface area contributed by atoms with Gasteiger partial charge in [0.2, 0.25) is 0 Å². The molecule has 1 saturated carbocycles. The molecule has 0 amide bonds. The van der Waals surface area contributed by atoms with Crippen molar-refractivity contribution in [2.45, 2.75) is 45.6 Å². The highest BCUT2D eigenvalue weighted by atomic mass is 79.9. The predicted molar refractivity (Wildman–Crippen MR) is 73.9 cm³/mol. The van der Waals surface area contributed by atoms with Crippen LogP contribution in [0.15, 0.2) is 21.2 Å². The number of furan rings is 1. The van der Waals surface area contributed by atoms with Crippen LogP contribution in [0.2, 0.25) is 0 Å². The van der Waals surface area contributed by atoms with Gasteiger partial charge in [0.05, 0.1) is 6.54 Å². The fourth-order valence-corrected chi connectivity index (χ4v) is 3.13. The second-order valence-corrected chi connectivity index (χ2v) is 6.09. The molecule has 0 aliphatic heterocycles. The summed E-state index contributed by atoms with van der Waals surface area (Å²) in [4.78, 5) is 0. The van der Waals surface area contributed by atoms with Gasteiger partial charge < -0.3 is 9.73 Å². The van der Waals surface area contributed by atoms with Crippen molar-refractivity contribution in [3.05, 3.63) is 22.6 Å². The van der Waals surface area contributed by atoms with Crippen LogP contribution in [0.5, 0.6) is 0 Å². The Balaban J connectivity index is 1.59. The van der Waals surface area contributed by atoms with E-state index < -0.39 is 0 Å². The topological polar surface area (TPSA) is 25.2 Å². The number of hydrogen-bond donors (Lipinski definition) is 1. The minimum atomic E-state index is 0.815. The van der Waals surface area contributed by atoms with E-state index in [1.54, 1.807) is 0 Å². The Morgan fingerprint density at radius 2 is 2.29 bits per heavy atom. The third-order valence-electron chi connectivity index (χ3n) is 3.70. The van der Waals surface area contributed by atoms with E-state index in [1.807, 2.05) is 12.1 Å². The van der Waals surface area contributed by atoms with Crippen LogP contribution < -0.4 is 5.32 Å². The monoisotopic (exact) mass is 299 g/mol. The molecule has 3 heteroatoms. The molecule has 96 valence electrons. The zero-order valence-corrected chi connectivity index (χ0v) is 12.1. The number of halogens is 1. The van der Waals surface area contributed by atoms with Crippen LogP contribution in [0.1, 0.15) is 44.8 Å². The summed E-state index contributed by atoms with van der Waals surface area (Å²) in [5.74, 6) is 2.89. The van der Waals surface area contributed by atoms with Gasteiger partial charge >= 0.3 is 0 Å². The van der Waals surface area contributed by atoms with E-state index in [9.17, 15) is 0 Å². The largest absolute Gasteiger partial charge is 0.453 e. The van der Waals surface area contributed by atoms with Gasteiger partial charge in [-0.15, -0.1) is 0 Å². The highest BCUT2D eigenvalue weighted by Crippen LogP contribution is 2.30. The molecule has 0 aromatic carbocycles. The lowest BCUT2D eigenvalue weighted by Crippen LogP contribution is -2.20. The van der Waals surface area contributed by atoms with Gasteiger partial charge in [0.25, 0.3) is 0 Å². The summed E-state index contributed by atoms with van der Waals surface area (Å²) in [6, 6.07) is 3.96. The maximum absolute atomic E-state index is 5.45. The highest BCUT2D eigenvalue weighted by Gasteiger charge is 2.18. The Morgan fingerprint density at radius 3 is 3.00 bits per heavy atom. The SMILES string of the molecule is CC1CCCC(CCNCc2ccc(Br)o2)C1. The lowest BCUT2D eigenvalue weighted by atomic mass is 9.81. The molecule has 1 aliphatic carbocycles. The summed E-state index contributed by atoms with van der Waals surface area (Å²) < 4.78 is 6.26. The van der Waals surface area contributed by atoms with Crippen molar-refractivity contribution in [1.82, 2.24) is 5.32 Å². The zero-order chi connectivity index (χ0) is 12.1. The van der Waals surface area contributed by atoms with Crippen LogP contribution in [0, 0.1) is 11.8 Å². The molecule has 1 N–H and O–H groups in total. The van der Waals surface area contributed by atoms with Gasteiger partial charge in [-0.2, -0.15) is 0 Å². The Kier molecular flexibility index (Phi) is 5.11. The van der Waals surface area contributed by atoms with Gasteiger partial charge in [-0.3, -0.25) is 0 Å². The third kappa shape index (κ3) is 4.47. The van der Waals surface area contributed by atoms with Crippen LogP contribution in [0.3, 0.4) is 0 Å². The van der Waals surface area contributed by atoms with Crippen molar-refractivity contribution in [2.24, 2.45) is 11.8 Å². The van der Waals surface area contributed by atoms with E-state index in [0.717, 1.165) is 35.4 Å². The Labute approximate surface area is 112 Å². The summed E-state index contributed by atoms with van der Waals surface area (Å²) >= 11 is 3.32. The van der Waals surface area contributed by atoms with Crippen LogP contribution in [-0.4, -0.2) is 6.54 Å². The summed E-state index contributed by atoms with van der Waals surface area (Å²) in [5.41, 5.74) is 0. The lowest BCUT2D eigenvalue weighted by molar-refractivity contribution is 0.267. The van der Waals surface area contributed by atoms with Crippen molar-refractivity contribution in [3.63, 3.8) is 0 Å². The first-order valence-electron chi connectivity index (χ1n) is 6.69. The number of rotatable bonds is 5. The second-order valence-electron chi connectivity index (χ2n) is 5.31. The van der Waals surface area contributed by atoms with E-state index in [1.165, 1.54) is 32.1 Å². The molecule has 1 aromatic rings. The Hall–Kier alpha value is -0.280. The zero-order valence-electron chi connectivity index (χ0n) is 10.5. The fraction of sp³-hybridized carbons (Fsp3) is 0.714. The van der Waals surface area contributed by atoms with Crippen LogP contribution in [0.25, 0.3) is 0 Å². The number of nitrogens with one attached hydrogen (secondary N) is 1. The first kappa shape index (κ1) is 13.2. The normalized spacial score (nSPS) is 25.1. The van der Waals surface area contributed by atoms with Crippen molar-refractivity contribution >= 4 is 15.9 Å². The Bertz CT molecular complexity index is 337. The molecule has 1 aromatic heterocycles. The van der Waals surface area contributed by atoms with Crippen LogP contribution >= 0.6 is 15.9 Å². The molecule has 2 rings (SSSR count). The smallest absolute Gasteiger partial charge is 0.169 e. The summed E-state index contributed by atoms with van der Waals surface area (Å²) in [6.45, 7) is 4.34. The van der Waals surface area contributed by atoms with E-state index >= 15 is 0 Å². The van der Waals surface area contributed by atoms with Gasteiger partial charge in [0.1, 0.15) is 5.76 Å². The summed E-state index contributed by atoms with van der Waals surface area (Å²) in [6.07, 6.45) is 7.03. The van der Waals surface area contributed by atoms with Gasteiger partial charge in [0.15, 0.2) is 4.67 Å². The van der Waals surface area contributed by atoms with Gasteiger partial charge in [-0.05, 0) is 59.3 Å². The fourth-order valence-electron chi connectivity index (χ4n) is 2.79. The van der Waals surface area contributed by atoms with Crippen molar-refractivity contribution < 1.29 is 4.42 Å². The molecular weight excluding hydrogens is 278 g/mol. The molecule has 0 saturated heterocycles. The van der Waals surface area contributed by atoms with Crippen molar-refractivity contribution in [2.75, 3.05) is 6.54 Å². The second kappa shape index (κ2) is 6.60. The molecule has 0 radical (unpaired) electrons. The van der Waals surface area contributed by atoms with E-state index in [2.05, 4.69) is 28.2 Å². The first-order chi connectivity index (χ1) is 8.24. The maximum Gasteiger partial charge on any atom is 0.169 e. The van der Waals surface area contributed by atoms with Gasteiger partial charge in [0, 0.05) is 0 Å². The molecule has 0 spiro atoms. The predicted octanol–water partition coefficient (Wildman–Crippen LogP) is 4.35. The molecule has 17 heavy (non-hydrogen) atoms. The molecule has 1 fully saturated rings. The molecule has 1 aliphatic rings. The summed E-state index contributed by atoms with van der Waals surface area (Å²) in [7, 11) is 0. The molecule has 1 heterocycles. The van der Waals surface area contributed by atoms with Crippen LogP contribution in [-0.2, 0) is 6.54 Å². The first-order valence-corrected chi connectivity index (χ1v) is 7.48. The Morgan fingerprint density at radius 1 is 1.41 bits per heavy atom. The molecule has 2 atom stereocenters. The van der Waals surface area contributed by atoms with Crippen LogP contribution in [0.4, 0.5) is 0 Å². The molecular formula is C14H22BrNO. The molecule has 2 unspecified atom stereocenters. The molecule has 2 nitrogen and oxygen atoms in total. The van der Waals surface area contributed by atoms with E-state index in [-0.39, 0.29) is 0 Å². The summed E-state index contributed by atoms with van der Waals surface area (Å²) in [5, 5.41) is 3.46. The van der Waals surface area contributed by atoms with E-state index in [0.29, 0.717) is 0 Å². The van der Waals surface area contributed by atoms with Crippen molar-refractivity contribution in [3.8, 4) is 0 Å².